The second-order valence-electron chi connectivity index (χ2n) is 6.98. The summed E-state index contributed by atoms with van der Waals surface area (Å²) in [5.41, 5.74) is 5.93. The van der Waals surface area contributed by atoms with E-state index < -0.39 is 0 Å². The van der Waals surface area contributed by atoms with E-state index in [1.807, 2.05) is 25.2 Å². The van der Waals surface area contributed by atoms with Crippen molar-refractivity contribution in [3.63, 3.8) is 0 Å². The molecule has 0 aliphatic rings. The van der Waals surface area contributed by atoms with Gasteiger partial charge in [0.1, 0.15) is 12.1 Å². The molecule has 4 aromatic rings. The lowest BCUT2D eigenvalue weighted by molar-refractivity contribution is 0.628. The molecule has 0 radical (unpaired) electrons. The van der Waals surface area contributed by atoms with Gasteiger partial charge >= 0.3 is 0 Å². The molecular weight excluding hydrogens is 371 g/mol. The first kappa shape index (κ1) is 18.6. The Hall–Kier alpha value is -2.73. The van der Waals surface area contributed by atoms with Crippen LogP contribution in [-0.2, 0) is 12.8 Å². The van der Waals surface area contributed by atoms with Crippen molar-refractivity contribution in [3.8, 4) is 11.3 Å². The molecule has 6 heteroatoms. The third-order valence-corrected chi connectivity index (χ3v) is 5.79. The van der Waals surface area contributed by atoms with Crippen LogP contribution in [-0.4, -0.2) is 19.5 Å². The fourth-order valence-corrected chi connectivity index (χ4v) is 4.32. The Morgan fingerprint density at radius 1 is 1.04 bits per heavy atom. The Kier molecular flexibility index (Phi) is 5.13. The standard InChI is InChI=1S/C22H21FN4S/c1-14(2)20-17(21(25-13-24-20)15-8-10-16(23)11-9-15)12-28-22-26-18-6-4-5-7-19(18)27(22)3/h4-11,13-14H,12H2,1-3H3. The fourth-order valence-electron chi connectivity index (χ4n) is 3.31. The smallest absolute Gasteiger partial charge is 0.169 e. The lowest BCUT2D eigenvalue weighted by Crippen LogP contribution is -2.04. The summed E-state index contributed by atoms with van der Waals surface area (Å²) in [6.45, 7) is 4.25. The van der Waals surface area contributed by atoms with E-state index in [2.05, 4.69) is 34.4 Å². The fraction of sp³-hybridized carbons (Fsp3) is 0.227. The summed E-state index contributed by atoms with van der Waals surface area (Å²) in [5, 5.41) is 0.949. The van der Waals surface area contributed by atoms with Gasteiger partial charge in [-0.05, 0) is 42.3 Å². The van der Waals surface area contributed by atoms with Gasteiger partial charge in [0.25, 0.3) is 0 Å². The van der Waals surface area contributed by atoms with Gasteiger partial charge in [0.05, 0.1) is 22.4 Å². The summed E-state index contributed by atoms with van der Waals surface area (Å²) in [7, 11) is 2.03. The average molecular weight is 393 g/mol. The number of rotatable bonds is 5. The SMILES string of the molecule is CC(C)c1ncnc(-c2ccc(F)cc2)c1CSc1nc2ccccc2n1C. The van der Waals surface area contributed by atoms with Gasteiger partial charge in [0, 0.05) is 23.9 Å². The summed E-state index contributed by atoms with van der Waals surface area (Å²) in [5.74, 6) is 0.703. The van der Waals surface area contributed by atoms with E-state index in [4.69, 9.17) is 4.98 Å². The molecule has 0 aliphatic carbocycles. The normalized spacial score (nSPS) is 11.5. The van der Waals surface area contributed by atoms with Crippen LogP contribution in [0.4, 0.5) is 4.39 Å². The summed E-state index contributed by atoms with van der Waals surface area (Å²) >= 11 is 1.67. The van der Waals surface area contributed by atoms with Crippen molar-refractivity contribution in [2.45, 2.75) is 30.7 Å². The lowest BCUT2D eigenvalue weighted by Gasteiger charge is -2.15. The molecule has 0 unspecified atom stereocenters. The van der Waals surface area contributed by atoms with E-state index in [0.29, 0.717) is 5.75 Å². The number of aryl methyl sites for hydroxylation is 1. The zero-order chi connectivity index (χ0) is 19.7. The molecule has 0 spiro atoms. The van der Waals surface area contributed by atoms with Crippen molar-refractivity contribution in [2.24, 2.45) is 7.05 Å². The lowest BCUT2D eigenvalue weighted by atomic mass is 10.00. The Morgan fingerprint density at radius 3 is 2.50 bits per heavy atom. The van der Waals surface area contributed by atoms with Crippen LogP contribution in [0, 0.1) is 5.82 Å². The first-order chi connectivity index (χ1) is 13.5. The molecule has 0 saturated carbocycles. The molecule has 0 fully saturated rings. The number of fused-ring (bicyclic) bond motifs is 1. The molecule has 0 amide bonds. The summed E-state index contributed by atoms with van der Waals surface area (Å²) in [4.78, 5) is 13.8. The molecule has 0 atom stereocenters. The number of halogens is 1. The predicted molar refractivity (Wildman–Crippen MR) is 112 cm³/mol. The molecular formula is C22H21FN4S. The van der Waals surface area contributed by atoms with E-state index in [0.717, 1.165) is 38.7 Å². The van der Waals surface area contributed by atoms with Crippen LogP contribution < -0.4 is 0 Å². The van der Waals surface area contributed by atoms with Crippen molar-refractivity contribution in [2.75, 3.05) is 0 Å². The monoisotopic (exact) mass is 392 g/mol. The molecule has 0 saturated heterocycles. The van der Waals surface area contributed by atoms with Crippen molar-refractivity contribution in [1.29, 1.82) is 0 Å². The minimum atomic E-state index is -0.252. The molecule has 4 nitrogen and oxygen atoms in total. The van der Waals surface area contributed by atoms with Gasteiger partial charge in [0.2, 0.25) is 0 Å². The van der Waals surface area contributed by atoms with Crippen LogP contribution in [0.3, 0.4) is 0 Å². The van der Waals surface area contributed by atoms with Crippen LogP contribution >= 0.6 is 11.8 Å². The Bertz CT molecular complexity index is 1120. The zero-order valence-corrected chi connectivity index (χ0v) is 16.9. The Balaban J connectivity index is 1.73. The summed E-state index contributed by atoms with van der Waals surface area (Å²) in [6, 6.07) is 14.6. The van der Waals surface area contributed by atoms with E-state index >= 15 is 0 Å². The first-order valence-corrected chi connectivity index (χ1v) is 10.2. The molecule has 4 rings (SSSR count). The van der Waals surface area contributed by atoms with Gasteiger partial charge in [-0.25, -0.2) is 19.3 Å². The number of thioether (sulfide) groups is 1. The maximum atomic E-state index is 13.4. The second-order valence-corrected chi connectivity index (χ2v) is 7.92. The number of imidazole rings is 1. The molecule has 0 N–H and O–H groups in total. The highest BCUT2D eigenvalue weighted by atomic mass is 32.2. The molecule has 2 aromatic heterocycles. The van der Waals surface area contributed by atoms with Crippen LogP contribution in [0.5, 0.6) is 0 Å². The average Bonchev–Trinajstić information content (AvgIpc) is 3.02. The third kappa shape index (κ3) is 3.52. The van der Waals surface area contributed by atoms with E-state index in [1.54, 1.807) is 30.2 Å². The van der Waals surface area contributed by atoms with E-state index in [9.17, 15) is 4.39 Å². The molecule has 142 valence electrons. The van der Waals surface area contributed by atoms with Gasteiger partial charge in [-0.3, -0.25) is 0 Å². The van der Waals surface area contributed by atoms with Gasteiger partial charge in [-0.1, -0.05) is 37.7 Å². The minimum Gasteiger partial charge on any atom is -0.322 e. The van der Waals surface area contributed by atoms with Crippen LogP contribution in [0.2, 0.25) is 0 Å². The van der Waals surface area contributed by atoms with Gasteiger partial charge in [0.15, 0.2) is 5.16 Å². The zero-order valence-electron chi connectivity index (χ0n) is 16.1. The number of aromatic nitrogens is 4. The van der Waals surface area contributed by atoms with Crippen molar-refractivity contribution in [3.05, 3.63) is 71.9 Å². The largest absolute Gasteiger partial charge is 0.322 e. The third-order valence-electron chi connectivity index (χ3n) is 4.73. The second kappa shape index (κ2) is 7.72. The van der Waals surface area contributed by atoms with Crippen LogP contribution in [0.25, 0.3) is 22.3 Å². The van der Waals surface area contributed by atoms with Crippen LogP contribution in [0.15, 0.2) is 60.0 Å². The maximum absolute atomic E-state index is 13.4. The van der Waals surface area contributed by atoms with E-state index in [1.165, 1.54) is 12.1 Å². The number of para-hydroxylation sites is 2. The first-order valence-electron chi connectivity index (χ1n) is 9.18. The van der Waals surface area contributed by atoms with Gasteiger partial charge < -0.3 is 4.57 Å². The Labute approximate surface area is 167 Å². The number of hydrogen-bond donors (Lipinski definition) is 0. The number of hydrogen-bond acceptors (Lipinski definition) is 4. The van der Waals surface area contributed by atoms with E-state index in [-0.39, 0.29) is 11.7 Å². The summed E-state index contributed by atoms with van der Waals surface area (Å²) < 4.78 is 15.5. The summed E-state index contributed by atoms with van der Waals surface area (Å²) in [6.07, 6.45) is 1.59. The highest BCUT2D eigenvalue weighted by Gasteiger charge is 2.17. The molecule has 2 heterocycles. The van der Waals surface area contributed by atoms with Crippen molar-refractivity contribution < 1.29 is 4.39 Å². The molecule has 2 aromatic carbocycles. The maximum Gasteiger partial charge on any atom is 0.169 e. The molecule has 0 bridgehead atoms. The number of benzene rings is 2. The highest BCUT2D eigenvalue weighted by molar-refractivity contribution is 7.98. The van der Waals surface area contributed by atoms with Crippen LogP contribution in [0.1, 0.15) is 31.0 Å². The van der Waals surface area contributed by atoms with Gasteiger partial charge in [-0.15, -0.1) is 0 Å². The topological polar surface area (TPSA) is 43.6 Å². The van der Waals surface area contributed by atoms with Crippen molar-refractivity contribution in [1.82, 2.24) is 19.5 Å². The van der Waals surface area contributed by atoms with Crippen molar-refractivity contribution >= 4 is 22.8 Å². The number of nitrogens with zero attached hydrogens (tertiary/aromatic N) is 4. The van der Waals surface area contributed by atoms with Gasteiger partial charge in [-0.2, -0.15) is 0 Å². The molecule has 28 heavy (non-hydrogen) atoms. The predicted octanol–water partition coefficient (Wildman–Crippen LogP) is 5.59. The Morgan fingerprint density at radius 2 is 1.79 bits per heavy atom. The quantitative estimate of drug-likeness (QED) is 0.416. The highest BCUT2D eigenvalue weighted by Crippen LogP contribution is 2.33. The minimum absolute atomic E-state index is 0.252. The molecule has 0 aliphatic heterocycles.